The number of aliphatic hydroxyl groups is 1. The Kier molecular flexibility index (Phi) is 10.9. The minimum Gasteiger partial charge on any atom is -0.506 e. The van der Waals surface area contributed by atoms with Gasteiger partial charge in [0.2, 0.25) is 0 Å². The van der Waals surface area contributed by atoms with E-state index in [2.05, 4.69) is 109 Å². The summed E-state index contributed by atoms with van der Waals surface area (Å²) < 4.78 is 2.54. The molecule has 3 nitrogen and oxygen atoms in total. The summed E-state index contributed by atoms with van der Waals surface area (Å²) in [5.74, 6) is 0.366. The van der Waals surface area contributed by atoms with E-state index in [0.717, 1.165) is 16.5 Å². The fourth-order valence-electron chi connectivity index (χ4n) is 2.07. The van der Waals surface area contributed by atoms with Crippen LogP contribution in [-0.4, -0.2) is 32.1 Å². The van der Waals surface area contributed by atoms with Crippen molar-refractivity contribution in [2.45, 2.75) is 24.1 Å². The predicted molar refractivity (Wildman–Crippen MR) is 133 cm³/mol. The number of aromatic hydroxyl groups is 2. The van der Waals surface area contributed by atoms with E-state index in [4.69, 9.17) is 5.11 Å². The average molecular weight is 762 g/mol. The van der Waals surface area contributed by atoms with Crippen LogP contribution >= 0.6 is 95.6 Å². The van der Waals surface area contributed by atoms with Gasteiger partial charge in [0.05, 0.1) is 24.5 Å². The first-order valence-electron chi connectivity index (χ1n) is 7.63. The molecule has 1 unspecified atom stereocenters. The second-order valence-corrected chi connectivity index (χ2v) is 11.5. The van der Waals surface area contributed by atoms with Gasteiger partial charge >= 0.3 is 0 Å². The molecule has 2 rings (SSSR count). The normalized spacial score (nSPS) is 12.3. The lowest BCUT2D eigenvalue weighted by atomic mass is 9.78. The van der Waals surface area contributed by atoms with E-state index in [1.807, 2.05) is 24.3 Å². The number of phenols is 2. The third-order valence-electron chi connectivity index (χ3n) is 3.84. The topological polar surface area (TPSA) is 60.7 Å². The van der Waals surface area contributed by atoms with Gasteiger partial charge in [0, 0.05) is 15.6 Å². The number of hydrogen-bond donors (Lipinski definition) is 3. The summed E-state index contributed by atoms with van der Waals surface area (Å²) in [5, 5.41) is 28.8. The molecule has 150 valence electrons. The zero-order valence-corrected chi connectivity index (χ0v) is 23.9. The van der Waals surface area contributed by atoms with Gasteiger partial charge in [0.15, 0.2) is 0 Å². The van der Waals surface area contributed by atoms with Crippen LogP contribution in [0.5, 0.6) is 11.5 Å². The largest absolute Gasteiger partial charge is 0.506 e. The summed E-state index contributed by atoms with van der Waals surface area (Å²) in [6.45, 7) is 4.37. The highest BCUT2D eigenvalue weighted by Crippen LogP contribution is 2.43. The first-order chi connectivity index (χ1) is 12.4. The summed E-state index contributed by atoms with van der Waals surface area (Å²) in [7, 11) is 0. The molecule has 0 aliphatic heterocycles. The van der Waals surface area contributed by atoms with Crippen molar-refractivity contribution in [3.8, 4) is 11.5 Å². The van der Waals surface area contributed by atoms with Gasteiger partial charge in [-0.1, -0.05) is 45.7 Å². The van der Waals surface area contributed by atoms with Crippen LogP contribution in [0.2, 0.25) is 0 Å². The van der Waals surface area contributed by atoms with Crippen LogP contribution in [-0.2, 0) is 5.41 Å². The van der Waals surface area contributed by atoms with E-state index >= 15 is 0 Å². The number of hydrogen-bond acceptors (Lipinski definition) is 3. The molecule has 0 fully saturated rings. The number of benzene rings is 2. The van der Waals surface area contributed by atoms with Gasteiger partial charge in [-0.15, -0.1) is 0 Å². The van der Waals surface area contributed by atoms with E-state index in [1.54, 1.807) is 0 Å². The molecule has 0 amide bonds. The van der Waals surface area contributed by atoms with E-state index in [0.29, 0.717) is 17.9 Å². The van der Waals surface area contributed by atoms with E-state index in [-0.39, 0.29) is 28.3 Å². The summed E-state index contributed by atoms with van der Waals surface area (Å²) >= 11 is 19.8. The Bertz CT molecular complexity index is 685. The van der Waals surface area contributed by atoms with Crippen LogP contribution in [0, 0.1) is 0 Å². The van der Waals surface area contributed by atoms with Crippen LogP contribution in [0.4, 0.5) is 0 Å². The third kappa shape index (κ3) is 6.96. The number of rotatable bonds is 4. The highest BCUT2D eigenvalue weighted by molar-refractivity contribution is 9.12. The maximum absolute atomic E-state index is 9.85. The molecule has 0 spiro atoms. The molecule has 0 heterocycles. The van der Waals surface area contributed by atoms with E-state index < -0.39 is 0 Å². The first kappa shape index (κ1) is 25.9. The zero-order valence-electron chi connectivity index (χ0n) is 14.4. The summed E-state index contributed by atoms with van der Waals surface area (Å²) in [6.07, 6.45) is 0. The number of aliphatic hydroxyl groups excluding tert-OH is 1. The predicted octanol–water partition coefficient (Wildman–Crippen LogP) is 7.61. The van der Waals surface area contributed by atoms with Crippen LogP contribution in [0.25, 0.3) is 0 Å². The van der Waals surface area contributed by atoms with Crippen molar-refractivity contribution in [2.75, 3.05) is 11.9 Å². The smallest absolute Gasteiger partial charge is 0.143 e. The Morgan fingerprint density at radius 1 is 0.815 bits per heavy atom. The molecule has 9 heteroatoms. The summed E-state index contributed by atoms with van der Waals surface area (Å²) in [4.78, 5) is 0.220. The Hall–Kier alpha value is 0.880. The lowest BCUT2D eigenvalue weighted by Gasteiger charge is -2.27. The van der Waals surface area contributed by atoms with Gasteiger partial charge < -0.3 is 15.3 Å². The second kappa shape index (κ2) is 11.3. The molecule has 0 radical (unpaired) electrons. The zero-order chi connectivity index (χ0) is 20.9. The highest BCUT2D eigenvalue weighted by Gasteiger charge is 2.26. The van der Waals surface area contributed by atoms with E-state index in [1.165, 1.54) is 0 Å². The molecule has 0 bridgehead atoms. The molecule has 0 aromatic heterocycles. The molecule has 0 saturated carbocycles. The fraction of sp³-hybridized carbons (Fsp3) is 0.333. The van der Waals surface area contributed by atoms with Crippen molar-refractivity contribution in [3.05, 3.63) is 53.3 Å². The molecule has 0 aliphatic carbocycles. The monoisotopic (exact) mass is 756 g/mol. The van der Waals surface area contributed by atoms with Crippen molar-refractivity contribution in [2.24, 2.45) is 0 Å². The minimum absolute atomic E-state index is 0.183. The molecule has 27 heavy (non-hydrogen) atoms. The minimum atomic E-state index is -0.308. The number of halogens is 6. The Balaban J connectivity index is 0.000000527. The van der Waals surface area contributed by atoms with Crippen molar-refractivity contribution < 1.29 is 15.3 Å². The Morgan fingerprint density at radius 3 is 1.30 bits per heavy atom. The summed E-state index contributed by atoms with van der Waals surface area (Å²) in [6, 6.07) is 7.59. The molecule has 3 N–H and O–H groups in total. The molecular weight excluding hydrogens is 744 g/mol. The van der Waals surface area contributed by atoms with Crippen molar-refractivity contribution >= 4 is 95.6 Å². The van der Waals surface area contributed by atoms with Crippen molar-refractivity contribution in [1.29, 1.82) is 0 Å². The van der Waals surface area contributed by atoms with Crippen LogP contribution < -0.4 is 0 Å². The van der Waals surface area contributed by atoms with Gasteiger partial charge in [-0.3, -0.25) is 0 Å². The molecule has 2 aromatic carbocycles. The fourth-order valence-corrected chi connectivity index (χ4v) is 4.65. The maximum atomic E-state index is 9.85. The highest BCUT2D eigenvalue weighted by atomic mass is 79.9. The molecule has 1 atom stereocenters. The Labute approximate surface area is 209 Å². The van der Waals surface area contributed by atoms with Crippen LogP contribution in [0.15, 0.2) is 42.2 Å². The molecule has 0 saturated heterocycles. The summed E-state index contributed by atoms with van der Waals surface area (Å²) in [5.41, 5.74) is 1.75. The van der Waals surface area contributed by atoms with Gasteiger partial charge in [-0.05, 0) is 99.1 Å². The van der Waals surface area contributed by atoms with Crippen LogP contribution in [0.3, 0.4) is 0 Å². The lowest BCUT2D eigenvalue weighted by Crippen LogP contribution is -2.19. The maximum Gasteiger partial charge on any atom is 0.143 e. The molecular formula is C18H18Br6O3. The van der Waals surface area contributed by atoms with Gasteiger partial charge in [0.25, 0.3) is 0 Å². The Morgan fingerprint density at radius 2 is 1.11 bits per heavy atom. The first-order valence-corrected chi connectivity index (χ1v) is 12.8. The standard InChI is InChI=1S/C15H12Br4O2.C3H6Br2O/c1-15(2,7-3-9(16)13(20)10(17)4-7)8-5-11(18)14(21)12(19)6-8;4-1-3(5)2-6/h3-6,20-21H,1-2H3;3,6H,1-2H2. The number of phenolic OH excluding ortho intramolecular Hbond substituents is 2. The van der Waals surface area contributed by atoms with Crippen LogP contribution in [0.1, 0.15) is 25.0 Å². The molecule has 2 aromatic rings. The van der Waals surface area contributed by atoms with Crippen molar-refractivity contribution in [3.63, 3.8) is 0 Å². The second-order valence-electron chi connectivity index (χ2n) is 6.14. The van der Waals surface area contributed by atoms with E-state index in [9.17, 15) is 10.2 Å². The van der Waals surface area contributed by atoms with Crippen molar-refractivity contribution in [1.82, 2.24) is 0 Å². The molecule has 0 aliphatic rings. The third-order valence-corrected chi connectivity index (χ3v) is 8.52. The lowest BCUT2D eigenvalue weighted by molar-refractivity contribution is 0.303. The van der Waals surface area contributed by atoms with Gasteiger partial charge in [0.1, 0.15) is 11.5 Å². The quantitative estimate of drug-likeness (QED) is 0.282. The number of alkyl halides is 2. The SMILES string of the molecule is CC(C)(c1cc(Br)c(O)c(Br)c1)c1cc(Br)c(O)c(Br)c1.OCC(Br)CBr. The van der Waals surface area contributed by atoms with Gasteiger partial charge in [-0.25, -0.2) is 0 Å². The van der Waals surface area contributed by atoms with Gasteiger partial charge in [-0.2, -0.15) is 0 Å². The average Bonchev–Trinajstić information content (AvgIpc) is 2.62.